The summed E-state index contributed by atoms with van der Waals surface area (Å²) in [7, 11) is -2.11. The Morgan fingerprint density at radius 3 is 1.62 bits per heavy atom. The van der Waals surface area contributed by atoms with Crippen molar-refractivity contribution in [3.05, 3.63) is 37.0 Å². The van der Waals surface area contributed by atoms with Crippen LogP contribution in [-0.4, -0.2) is 16.1 Å². The number of allylic oxidation sites excluding steroid dienone is 5. The van der Waals surface area contributed by atoms with E-state index >= 15 is 0 Å². The smallest absolute Gasteiger partial charge is 0.0445 e. The van der Waals surface area contributed by atoms with Gasteiger partial charge in [-0.05, 0) is 36.0 Å². The fourth-order valence-corrected chi connectivity index (χ4v) is 9.61. The van der Waals surface area contributed by atoms with Gasteiger partial charge in [-0.2, -0.15) is 0 Å². The van der Waals surface area contributed by atoms with Crippen LogP contribution in [0.4, 0.5) is 0 Å². The van der Waals surface area contributed by atoms with Crippen molar-refractivity contribution >= 4 is 16.1 Å². The van der Waals surface area contributed by atoms with Crippen molar-refractivity contribution in [2.24, 2.45) is 29.6 Å². The van der Waals surface area contributed by atoms with E-state index in [2.05, 4.69) is 97.9 Å². The van der Waals surface area contributed by atoms with Crippen LogP contribution < -0.4 is 0 Å². The van der Waals surface area contributed by atoms with Gasteiger partial charge in [-0.1, -0.05) is 155 Å². The Bertz CT molecular complexity index is 530. The van der Waals surface area contributed by atoms with Crippen LogP contribution in [-0.2, 0) is 0 Å². The third-order valence-electron chi connectivity index (χ3n) is 6.63. The highest BCUT2D eigenvalue weighted by Crippen LogP contribution is 2.31. The molecule has 0 saturated heterocycles. The van der Waals surface area contributed by atoms with Crippen molar-refractivity contribution in [3.63, 3.8) is 0 Å². The molecule has 4 atom stereocenters. The molecule has 0 N–H and O–H groups in total. The second-order valence-electron chi connectivity index (χ2n) is 13.5. The van der Waals surface area contributed by atoms with Gasteiger partial charge in [0.25, 0.3) is 0 Å². The lowest BCUT2D eigenvalue weighted by atomic mass is 9.86. The molecule has 0 saturated carbocycles. The molecular weight excluding hydrogens is 417 g/mol. The van der Waals surface area contributed by atoms with Crippen LogP contribution in [0.5, 0.6) is 0 Å². The largest absolute Gasteiger partial charge is 0.0991 e. The molecule has 0 radical (unpaired) electrons. The second kappa shape index (κ2) is 16.3. The fourth-order valence-electron chi connectivity index (χ4n) is 5.17. The molecule has 0 aromatic heterocycles. The lowest BCUT2D eigenvalue weighted by molar-refractivity contribution is 0.405. The van der Waals surface area contributed by atoms with E-state index in [-0.39, 0.29) is 0 Å². The van der Waals surface area contributed by atoms with Gasteiger partial charge in [0.2, 0.25) is 0 Å². The van der Waals surface area contributed by atoms with E-state index in [4.69, 9.17) is 0 Å². The van der Waals surface area contributed by atoms with Crippen molar-refractivity contribution in [1.82, 2.24) is 0 Å². The predicted octanol–water partition coefficient (Wildman–Crippen LogP) is 10.9. The molecule has 2 heteroatoms. The minimum Gasteiger partial charge on any atom is -0.0991 e. The summed E-state index contributed by atoms with van der Waals surface area (Å²) in [5, 5.41) is 0. The van der Waals surface area contributed by atoms with Crippen molar-refractivity contribution in [3.8, 4) is 0 Å². The average Bonchev–Trinajstić information content (AvgIpc) is 2.62. The predicted molar refractivity (Wildman–Crippen MR) is 157 cm³/mol. The van der Waals surface area contributed by atoms with E-state index in [1.165, 1.54) is 57.0 Å². The number of rotatable bonds is 18. The molecule has 0 bridgehead atoms. The monoisotopic (exact) mass is 476 g/mol. The van der Waals surface area contributed by atoms with Gasteiger partial charge in [-0.3, -0.25) is 0 Å². The van der Waals surface area contributed by atoms with E-state index in [1.54, 1.807) is 0 Å². The summed E-state index contributed by atoms with van der Waals surface area (Å²) in [6.45, 7) is 28.7. The van der Waals surface area contributed by atoms with E-state index in [0.29, 0.717) is 11.8 Å². The Morgan fingerprint density at radius 1 is 0.625 bits per heavy atom. The molecule has 0 nitrogen and oxygen atoms in total. The molecule has 0 fully saturated rings. The summed E-state index contributed by atoms with van der Waals surface area (Å²) >= 11 is 0. The molecule has 32 heavy (non-hydrogen) atoms. The van der Waals surface area contributed by atoms with Crippen LogP contribution in [0.2, 0.25) is 51.4 Å². The van der Waals surface area contributed by atoms with Gasteiger partial charge in [-0.15, -0.1) is 0 Å². The molecule has 0 amide bonds. The van der Waals surface area contributed by atoms with Crippen LogP contribution >= 0.6 is 0 Å². The maximum absolute atomic E-state index is 3.91. The first-order valence-electron chi connectivity index (χ1n) is 13.7. The second-order valence-corrected chi connectivity index (χ2v) is 24.5. The Labute approximate surface area is 206 Å². The zero-order valence-corrected chi connectivity index (χ0v) is 25.8. The molecule has 0 aliphatic rings. The van der Waals surface area contributed by atoms with Gasteiger partial charge in [0, 0.05) is 16.1 Å². The molecular formula is C30H60Si2. The summed E-state index contributed by atoms with van der Waals surface area (Å²) in [4.78, 5) is 0. The first-order valence-corrected chi connectivity index (χ1v) is 21.1. The maximum Gasteiger partial charge on any atom is 0.0445 e. The van der Waals surface area contributed by atoms with Crippen molar-refractivity contribution in [1.29, 1.82) is 0 Å². The number of hydrogen-bond donors (Lipinski definition) is 0. The van der Waals surface area contributed by atoms with E-state index < -0.39 is 16.1 Å². The van der Waals surface area contributed by atoms with Crippen LogP contribution in [0.3, 0.4) is 0 Å². The highest BCUT2D eigenvalue weighted by molar-refractivity contribution is 6.76. The molecule has 0 rings (SSSR count). The minimum atomic E-state index is -1.06. The molecule has 0 aromatic carbocycles. The summed E-state index contributed by atoms with van der Waals surface area (Å²) in [6, 6.07) is 2.82. The van der Waals surface area contributed by atoms with Gasteiger partial charge in [0.05, 0.1) is 0 Å². The van der Waals surface area contributed by atoms with Crippen LogP contribution in [0.1, 0.15) is 72.6 Å². The Balaban J connectivity index is 5.13. The van der Waals surface area contributed by atoms with Gasteiger partial charge in [0.1, 0.15) is 0 Å². The SMILES string of the molecule is C=C/C=C/C(/C=C/C(CCCCCCCC(C)C)C(C)C[Si](C)(C)C)C(C)C[Si](C)(C)C. The van der Waals surface area contributed by atoms with Crippen molar-refractivity contribution in [2.75, 3.05) is 0 Å². The molecule has 4 unspecified atom stereocenters. The summed E-state index contributed by atoms with van der Waals surface area (Å²) < 4.78 is 0. The quantitative estimate of drug-likeness (QED) is 0.0798. The van der Waals surface area contributed by atoms with E-state index in [9.17, 15) is 0 Å². The summed E-state index contributed by atoms with van der Waals surface area (Å²) in [5.41, 5.74) is 0. The Morgan fingerprint density at radius 2 is 1.12 bits per heavy atom. The van der Waals surface area contributed by atoms with Gasteiger partial charge < -0.3 is 0 Å². The standard InChI is InChI=1S/C30H60Si2/c1-12-13-20-29(27(4)24-31(6,7)8)22-23-30(28(5)25-32(9,10)11)21-18-16-14-15-17-19-26(2)3/h12-13,20,22-23,26-30H,1,14-19,21,24-25H2,2-11H3/b20-13+,23-22+. The zero-order valence-electron chi connectivity index (χ0n) is 23.8. The highest BCUT2D eigenvalue weighted by Gasteiger charge is 2.24. The first-order chi connectivity index (χ1) is 14.7. The molecule has 0 heterocycles. The van der Waals surface area contributed by atoms with Crippen LogP contribution in [0.15, 0.2) is 37.0 Å². The first kappa shape index (κ1) is 31.7. The third-order valence-corrected chi connectivity index (χ3v) is 10.4. The number of hydrogen-bond acceptors (Lipinski definition) is 0. The molecule has 0 aliphatic carbocycles. The topological polar surface area (TPSA) is 0 Å². The van der Waals surface area contributed by atoms with E-state index in [1.807, 2.05) is 6.08 Å². The van der Waals surface area contributed by atoms with Gasteiger partial charge in [0.15, 0.2) is 0 Å². The lowest BCUT2D eigenvalue weighted by Gasteiger charge is -2.29. The molecule has 0 aliphatic heterocycles. The third kappa shape index (κ3) is 18.1. The van der Waals surface area contributed by atoms with Crippen molar-refractivity contribution in [2.45, 2.75) is 124 Å². The minimum absolute atomic E-state index is 0.539. The Hall–Kier alpha value is -0.346. The lowest BCUT2D eigenvalue weighted by Crippen LogP contribution is -2.26. The van der Waals surface area contributed by atoms with Gasteiger partial charge >= 0.3 is 0 Å². The van der Waals surface area contributed by atoms with E-state index in [0.717, 1.165) is 17.8 Å². The van der Waals surface area contributed by atoms with Gasteiger partial charge in [-0.25, -0.2) is 0 Å². The molecule has 188 valence electrons. The fraction of sp³-hybridized carbons (Fsp3) is 0.800. The molecule has 0 aromatic rings. The zero-order chi connectivity index (χ0) is 24.8. The maximum atomic E-state index is 3.91. The number of unbranched alkanes of at least 4 members (excludes halogenated alkanes) is 4. The summed E-state index contributed by atoms with van der Waals surface area (Å²) in [5.74, 6) is 3.64. The summed E-state index contributed by atoms with van der Waals surface area (Å²) in [6.07, 6.45) is 21.5. The molecule has 0 spiro atoms. The average molecular weight is 477 g/mol. The van der Waals surface area contributed by atoms with Crippen LogP contribution in [0.25, 0.3) is 0 Å². The Kier molecular flexibility index (Phi) is 16.1. The van der Waals surface area contributed by atoms with Crippen molar-refractivity contribution < 1.29 is 0 Å². The van der Waals surface area contributed by atoms with Crippen LogP contribution in [0, 0.1) is 29.6 Å². The normalized spacial score (nSPS) is 17.2. The highest BCUT2D eigenvalue weighted by atomic mass is 28.3.